The molecule has 6 N–H and O–H groups in total. The van der Waals surface area contributed by atoms with Crippen molar-refractivity contribution in [2.24, 2.45) is 23.7 Å². The van der Waals surface area contributed by atoms with E-state index in [0.717, 1.165) is 13.1 Å². The Morgan fingerprint density at radius 3 is 2.24 bits per heavy atom. The third kappa shape index (κ3) is 9.46. The molecule has 63 heavy (non-hydrogen) atoms. The molecule has 0 unspecified atom stereocenters. The smallest absolute Gasteiger partial charge is 0.312 e. The zero-order valence-corrected chi connectivity index (χ0v) is 37.8. The maximum atomic E-state index is 14.9. The van der Waals surface area contributed by atoms with Crippen molar-refractivity contribution in [2.75, 3.05) is 33.3 Å². The lowest BCUT2D eigenvalue weighted by Crippen LogP contribution is -2.53. The van der Waals surface area contributed by atoms with Gasteiger partial charge in [0, 0.05) is 94.2 Å². The number of Topliss-reactive ketones (excluding diaryl/α,β-unsaturated/α-hetero) is 2. The number of aliphatic hydroxyl groups is 3. The first-order valence-corrected chi connectivity index (χ1v) is 22.0. The molecule has 2 aliphatic carbocycles. The first-order chi connectivity index (χ1) is 29.8. The second-order valence-electron chi connectivity index (χ2n) is 17.8. The van der Waals surface area contributed by atoms with Gasteiger partial charge in [-0.2, -0.15) is 0 Å². The van der Waals surface area contributed by atoms with Gasteiger partial charge in [-0.1, -0.05) is 58.8 Å². The number of esters is 1. The number of aliphatic hydroxyl groups excluding tert-OH is 3. The summed E-state index contributed by atoms with van der Waals surface area (Å²) < 4.78 is 23.7. The highest BCUT2D eigenvalue weighted by Crippen LogP contribution is 2.50. The molecule has 1 saturated carbocycles. The van der Waals surface area contributed by atoms with Gasteiger partial charge in [-0.25, -0.2) is 5.01 Å². The minimum absolute atomic E-state index is 0.0431. The van der Waals surface area contributed by atoms with Gasteiger partial charge in [-0.3, -0.25) is 24.1 Å². The Morgan fingerprint density at radius 1 is 0.937 bits per heavy atom. The predicted molar refractivity (Wildman–Crippen MR) is 233 cm³/mol. The van der Waals surface area contributed by atoms with E-state index < -0.39 is 88.8 Å². The fourth-order valence-electron chi connectivity index (χ4n) is 9.51. The van der Waals surface area contributed by atoms with Crippen LogP contribution in [0, 0.1) is 30.6 Å². The summed E-state index contributed by atoms with van der Waals surface area (Å²) in [6.45, 7) is 15.4. The molecule has 7 rings (SSSR count). The largest absolute Gasteiger partial charge is 0.507 e. The molecule has 5 bridgehead atoms. The third-order valence-electron chi connectivity index (χ3n) is 13.6. The lowest BCUT2D eigenvalue weighted by atomic mass is 9.78. The average Bonchev–Trinajstić information content (AvgIpc) is 3.89. The number of rotatable bonds is 5. The molecule has 4 heterocycles. The van der Waals surface area contributed by atoms with Crippen molar-refractivity contribution in [3.8, 4) is 11.5 Å². The first kappa shape index (κ1) is 47.5. The van der Waals surface area contributed by atoms with Crippen LogP contribution in [-0.2, 0) is 23.8 Å². The van der Waals surface area contributed by atoms with Crippen LogP contribution in [0.1, 0.15) is 106 Å². The maximum absolute atomic E-state index is 14.9. The number of allylic oxidation sites excluding steroid dienone is 3. The number of carbonyl (C=O) groups excluding carboxylic acids is 4. The van der Waals surface area contributed by atoms with Crippen molar-refractivity contribution in [2.45, 2.75) is 117 Å². The van der Waals surface area contributed by atoms with Crippen LogP contribution in [-0.4, -0.2) is 123 Å². The van der Waals surface area contributed by atoms with E-state index in [9.17, 15) is 39.6 Å². The predicted octanol–water partition coefficient (Wildman–Crippen LogP) is 4.74. The van der Waals surface area contributed by atoms with Gasteiger partial charge in [-0.05, 0) is 32.8 Å². The summed E-state index contributed by atoms with van der Waals surface area (Å²) >= 11 is 0. The molecule has 1 aromatic rings. The number of benzene rings is 1. The van der Waals surface area contributed by atoms with Gasteiger partial charge in [0.15, 0.2) is 11.5 Å². The molecule has 4 aliphatic heterocycles. The first-order valence-electron chi connectivity index (χ1n) is 22.0. The van der Waals surface area contributed by atoms with Crippen molar-refractivity contribution < 1.29 is 58.6 Å². The minimum atomic E-state index is -2.06. The number of nitrogens with zero attached hydrogens (tertiary/aromatic N) is 2. The highest BCUT2D eigenvalue weighted by atomic mass is 16.7. The normalized spacial score (nSPS) is 34.2. The molecule has 1 aromatic carbocycles. The number of ketones is 2. The van der Waals surface area contributed by atoms with Crippen LogP contribution in [0.3, 0.4) is 0 Å². The molecule has 16 heteroatoms. The molecule has 0 radical (unpaired) electrons. The number of aromatic hydroxyl groups is 1. The van der Waals surface area contributed by atoms with Crippen molar-refractivity contribution in [1.82, 2.24) is 20.7 Å². The van der Waals surface area contributed by atoms with E-state index in [-0.39, 0.29) is 44.8 Å². The summed E-state index contributed by atoms with van der Waals surface area (Å²) in [7, 11) is 1.44. The number of nitrogens with one attached hydrogen (secondary N) is 2. The Bertz CT molecular complexity index is 2110. The fourth-order valence-corrected chi connectivity index (χ4v) is 9.51. The molecule has 1 saturated heterocycles. The third-order valence-corrected chi connectivity index (χ3v) is 13.6. The summed E-state index contributed by atoms with van der Waals surface area (Å²) in [6.07, 6.45) is 9.77. The Morgan fingerprint density at radius 2 is 1.60 bits per heavy atom. The van der Waals surface area contributed by atoms with E-state index in [1.54, 1.807) is 39.8 Å². The molecular formula is C47H64N4O12. The number of piperazine rings is 1. The van der Waals surface area contributed by atoms with E-state index in [1.165, 1.54) is 85.1 Å². The molecule has 2 fully saturated rings. The number of hydrogen-bond donors (Lipinski definition) is 6. The fraction of sp³-hybridized carbons (Fsp3) is 0.574. The van der Waals surface area contributed by atoms with Gasteiger partial charge in [0.1, 0.15) is 17.6 Å². The summed E-state index contributed by atoms with van der Waals surface area (Å²) in [5, 5.41) is 51.2. The Hall–Kier alpha value is -5.00. The van der Waals surface area contributed by atoms with Gasteiger partial charge >= 0.3 is 11.8 Å². The zero-order valence-electron chi connectivity index (χ0n) is 37.8. The number of hydrogen-bond acceptors (Lipinski definition) is 15. The SMILES string of the molecule is CO[C@H]1/C=C\O[C@@]2(C)Oc3c(C)c(O)c4c(c3C2=O)C(=O)/C(=C/NN2CCN(C3CCCC3)CC2)C(=C4O)NC(=O)/C(C)=C\C=C/[C@H](C)[C@H](O)[C@@H](C)[C@@H](O)[C@H](C)[C@H](OC(C)=O)[C@H]1C. The summed E-state index contributed by atoms with van der Waals surface area (Å²) in [6, 6.07) is 0.557. The van der Waals surface area contributed by atoms with Crippen molar-refractivity contribution in [3.63, 3.8) is 0 Å². The number of phenolic OH excluding ortho intramolecular Hbond substituents is 1. The Balaban J connectivity index is 1.43. The van der Waals surface area contributed by atoms with Crippen LogP contribution in [0.15, 0.2) is 53.6 Å². The number of phenols is 1. The summed E-state index contributed by atoms with van der Waals surface area (Å²) in [5.74, 6) is -8.66. The maximum Gasteiger partial charge on any atom is 0.312 e. The van der Waals surface area contributed by atoms with E-state index in [2.05, 4.69) is 15.6 Å². The number of amides is 1. The number of carbonyl (C=O) groups is 4. The summed E-state index contributed by atoms with van der Waals surface area (Å²) in [5.41, 5.74) is 2.06. The Kier molecular flexibility index (Phi) is 14.6. The van der Waals surface area contributed by atoms with Gasteiger partial charge in [-0.15, -0.1) is 0 Å². The molecule has 344 valence electrons. The van der Waals surface area contributed by atoms with Crippen LogP contribution in [0.2, 0.25) is 0 Å². The standard InChI is InChI=1S/C47H64N4O12/c1-24-13-12-14-25(2)46(59)49-37-32(23-48-51-20-18-50(19-21-51)31-15-10-11-16-31)41(56)34-35(42(37)57)40(55)29(6)44-36(34)45(58)47(8,63-44)61-22-17-33(60-9)26(3)43(62-30(7)52)28(5)39(54)27(4)38(24)53/h12-14,17,22-24,26-28,31,33,38-39,43,48,53-55,57H,10-11,15-16,18-21H2,1-9H3,(H,49,59)/b13-12-,22-17-,25-14-,32-23+/t24-,26-,27+,28-,33-,38-,39+,43+,47-/m0/s1. The van der Waals surface area contributed by atoms with Crippen LogP contribution in [0.25, 0.3) is 5.76 Å². The minimum Gasteiger partial charge on any atom is -0.507 e. The second kappa shape index (κ2) is 19.4. The van der Waals surface area contributed by atoms with Crippen LogP contribution in [0.4, 0.5) is 0 Å². The van der Waals surface area contributed by atoms with Crippen LogP contribution < -0.4 is 15.5 Å². The molecular weight excluding hydrogens is 813 g/mol. The van der Waals surface area contributed by atoms with Crippen LogP contribution in [0.5, 0.6) is 11.5 Å². The average molecular weight is 877 g/mol. The van der Waals surface area contributed by atoms with Gasteiger partial charge in [0.2, 0.25) is 0 Å². The lowest BCUT2D eigenvalue weighted by Gasteiger charge is -2.38. The van der Waals surface area contributed by atoms with E-state index >= 15 is 0 Å². The van der Waals surface area contributed by atoms with Gasteiger partial charge in [0.25, 0.3) is 11.7 Å². The molecule has 1 amide bonds. The zero-order chi connectivity index (χ0) is 46.1. The van der Waals surface area contributed by atoms with E-state index in [4.69, 9.17) is 18.9 Å². The summed E-state index contributed by atoms with van der Waals surface area (Å²) in [4.78, 5) is 58.1. The number of fused-ring (bicyclic) bond motifs is 14. The highest BCUT2D eigenvalue weighted by molar-refractivity contribution is 6.25. The monoisotopic (exact) mass is 876 g/mol. The van der Waals surface area contributed by atoms with Gasteiger partial charge < -0.3 is 50.1 Å². The lowest BCUT2D eigenvalue weighted by molar-refractivity contribution is -0.160. The topological polar surface area (TPSA) is 217 Å². The number of ether oxygens (including phenoxy) is 4. The number of methoxy groups -OCH3 is 1. The van der Waals surface area contributed by atoms with Crippen molar-refractivity contribution in [3.05, 3.63) is 75.9 Å². The molecule has 16 nitrogen and oxygen atoms in total. The highest BCUT2D eigenvalue weighted by Gasteiger charge is 2.52. The number of hydrazine groups is 1. The molecule has 0 spiro atoms. The Labute approximate surface area is 369 Å². The van der Waals surface area contributed by atoms with Gasteiger partial charge in [0.05, 0.1) is 52.5 Å². The van der Waals surface area contributed by atoms with Crippen molar-refractivity contribution in [1.29, 1.82) is 0 Å². The molecule has 0 aromatic heterocycles. The van der Waals surface area contributed by atoms with E-state index in [0.29, 0.717) is 19.1 Å². The van der Waals surface area contributed by atoms with E-state index in [1.807, 2.05) is 5.01 Å². The molecule has 9 atom stereocenters. The second-order valence-corrected chi connectivity index (χ2v) is 17.8. The van der Waals surface area contributed by atoms with Crippen molar-refractivity contribution >= 4 is 29.2 Å². The molecule has 6 aliphatic rings. The quantitative estimate of drug-likeness (QED) is 0.174. The van der Waals surface area contributed by atoms with Crippen LogP contribution >= 0.6 is 0 Å².